The molecule has 0 saturated carbocycles. The summed E-state index contributed by atoms with van der Waals surface area (Å²) in [5.74, 6) is -0.111. The van der Waals surface area contributed by atoms with Gasteiger partial charge in [0, 0.05) is 29.8 Å². The lowest BCUT2D eigenvalue weighted by molar-refractivity contribution is -0.116. The summed E-state index contributed by atoms with van der Waals surface area (Å²) in [6.45, 7) is 4.44. The number of anilines is 1. The van der Waals surface area contributed by atoms with E-state index in [1.807, 2.05) is 59.5 Å². The number of aromatic nitrogens is 2. The van der Waals surface area contributed by atoms with E-state index in [0.29, 0.717) is 5.11 Å². The standard InChI is InChI=1S/C23H25N5OS/c1-16(2)27-14-8-12-19(27)22-21(18-11-6-7-13-24-18)26-23(30)28(22)15-20(29)25-17-9-4-3-5-10-17/h3-14,16,21-22H,15H2,1-2H3,(H,25,29)(H,26,30)/t21-,22-/m0/s1. The summed E-state index contributed by atoms with van der Waals surface area (Å²) in [4.78, 5) is 19.3. The molecule has 0 aliphatic carbocycles. The van der Waals surface area contributed by atoms with E-state index in [1.54, 1.807) is 6.20 Å². The topological polar surface area (TPSA) is 62.2 Å². The summed E-state index contributed by atoms with van der Waals surface area (Å²) in [6, 6.07) is 19.4. The van der Waals surface area contributed by atoms with E-state index in [4.69, 9.17) is 12.2 Å². The summed E-state index contributed by atoms with van der Waals surface area (Å²) in [5, 5.41) is 6.90. The van der Waals surface area contributed by atoms with Gasteiger partial charge in [-0.1, -0.05) is 24.3 Å². The zero-order valence-electron chi connectivity index (χ0n) is 17.0. The van der Waals surface area contributed by atoms with Crippen LogP contribution in [0.15, 0.2) is 73.1 Å². The molecule has 3 aromatic rings. The maximum Gasteiger partial charge on any atom is 0.244 e. The van der Waals surface area contributed by atoms with Crippen LogP contribution in [0.2, 0.25) is 0 Å². The molecule has 1 saturated heterocycles. The molecular weight excluding hydrogens is 394 g/mol. The fraction of sp³-hybridized carbons (Fsp3) is 0.261. The predicted molar refractivity (Wildman–Crippen MR) is 122 cm³/mol. The molecule has 0 spiro atoms. The van der Waals surface area contributed by atoms with E-state index in [2.05, 4.69) is 46.3 Å². The van der Waals surface area contributed by atoms with Crippen molar-refractivity contribution in [2.75, 3.05) is 11.9 Å². The lowest BCUT2D eigenvalue weighted by Gasteiger charge is -2.29. The van der Waals surface area contributed by atoms with E-state index in [-0.39, 0.29) is 30.6 Å². The Morgan fingerprint density at radius 3 is 2.60 bits per heavy atom. The Morgan fingerprint density at radius 1 is 1.13 bits per heavy atom. The van der Waals surface area contributed by atoms with Crippen molar-refractivity contribution in [3.8, 4) is 0 Å². The summed E-state index contributed by atoms with van der Waals surface area (Å²) >= 11 is 5.66. The fourth-order valence-electron chi connectivity index (χ4n) is 3.90. The average molecular weight is 420 g/mol. The van der Waals surface area contributed by atoms with Gasteiger partial charge in [-0.15, -0.1) is 0 Å². The Balaban J connectivity index is 1.66. The van der Waals surface area contributed by atoms with Gasteiger partial charge >= 0.3 is 0 Å². The van der Waals surface area contributed by atoms with Crippen LogP contribution in [-0.4, -0.2) is 32.0 Å². The first-order valence-electron chi connectivity index (χ1n) is 10.0. The molecular formula is C23H25N5OS. The minimum Gasteiger partial charge on any atom is -0.352 e. The first-order chi connectivity index (χ1) is 14.5. The first kappa shape index (κ1) is 20.1. The van der Waals surface area contributed by atoms with Crippen LogP contribution in [0.3, 0.4) is 0 Å². The van der Waals surface area contributed by atoms with Crippen molar-refractivity contribution in [2.24, 2.45) is 0 Å². The molecule has 2 atom stereocenters. The molecule has 1 amide bonds. The second kappa shape index (κ2) is 8.67. The number of amides is 1. The molecule has 3 heterocycles. The molecule has 4 rings (SSSR count). The third-order valence-electron chi connectivity index (χ3n) is 5.24. The summed E-state index contributed by atoms with van der Waals surface area (Å²) < 4.78 is 2.22. The van der Waals surface area contributed by atoms with Crippen LogP contribution in [0.1, 0.15) is 43.4 Å². The molecule has 154 valence electrons. The largest absolute Gasteiger partial charge is 0.352 e. The Hall–Kier alpha value is -3.19. The summed E-state index contributed by atoms with van der Waals surface area (Å²) in [7, 11) is 0. The number of pyridine rings is 1. The highest BCUT2D eigenvalue weighted by molar-refractivity contribution is 7.80. The van der Waals surface area contributed by atoms with Crippen LogP contribution in [0, 0.1) is 0 Å². The highest BCUT2D eigenvalue weighted by atomic mass is 32.1. The number of nitrogens with zero attached hydrogens (tertiary/aromatic N) is 3. The van der Waals surface area contributed by atoms with Crippen LogP contribution in [0.25, 0.3) is 0 Å². The lowest BCUT2D eigenvalue weighted by atomic mass is 10.0. The molecule has 1 fully saturated rings. The second-order valence-electron chi connectivity index (χ2n) is 7.60. The van der Waals surface area contributed by atoms with Gasteiger partial charge in [0.25, 0.3) is 0 Å². The van der Waals surface area contributed by atoms with Crippen molar-refractivity contribution in [2.45, 2.75) is 32.0 Å². The van der Waals surface area contributed by atoms with Crippen LogP contribution in [0.5, 0.6) is 0 Å². The van der Waals surface area contributed by atoms with Gasteiger partial charge in [0.1, 0.15) is 6.54 Å². The molecule has 2 N–H and O–H groups in total. The van der Waals surface area contributed by atoms with Gasteiger partial charge in [-0.3, -0.25) is 9.78 Å². The molecule has 0 radical (unpaired) electrons. The zero-order chi connectivity index (χ0) is 21.1. The summed E-state index contributed by atoms with van der Waals surface area (Å²) in [5.41, 5.74) is 2.76. The minimum absolute atomic E-state index is 0.111. The molecule has 30 heavy (non-hydrogen) atoms. The normalized spacial score (nSPS) is 18.5. The maximum atomic E-state index is 12.8. The Bertz CT molecular complexity index is 1020. The number of thiocarbonyl (C=S) groups is 1. The van der Waals surface area contributed by atoms with Crippen LogP contribution < -0.4 is 10.6 Å². The van der Waals surface area contributed by atoms with Crippen molar-refractivity contribution in [3.05, 3.63) is 84.4 Å². The third-order valence-corrected chi connectivity index (χ3v) is 5.59. The van der Waals surface area contributed by atoms with Gasteiger partial charge in [-0.25, -0.2) is 0 Å². The van der Waals surface area contributed by atoms with E-state index < -0.39 is 0 Å². The molecule has 6 nitrogen and oxygen atoms in total. The van der Waals surface area contributed by atoms with Gasteiger partial charge in [0.2, 0.25) is 5.91 Å². The highest BCUT2D eigenvalue weighted by Gasteiger charge is 2.42. The van der Waals surface area contributed by atoms with Gasteiger partial charge in [-0.2, -0.15) is 0 Å². The van der Waals surface area contributed by atoms with Crippen LogP contribution in [0.4, 0.5) is 5.69 Å². The van der Waals surface area contributed by atoms with Gasteiger partial charge in [0.15, 0.2) is 5.11 Å². The highest BCUT2D eigenvalue weighted by Crippen LogP contribution is 2.39. The third kappa shape index (κ3) is 4.07. The molecule has 1 aliphatic heterocycles. The van der Waals surface area contributed by atoms with Crippen molar-refractivity contribution in [1.29, 1.82) is 0 Å². The van der Waals surface area contributed by atoms with Crippen LogP contribution >= 0.6 is 12.2 Å². The summed E-state index contributed by atoms with van der Waals surface area (Å²) in [6.07, 6.45) is 3.85. The van der Waals surface area contributed by atoms with Gasteiger partial charge < -0.3 is 20.1 Å². The number of nitrogens with one attached hydrogen (secondary N) is 2. The van der Waals surface area contributed by atoms with E-state index in [9.17, 15) is 4.79 Å². The monoisotopic (exact) mass is 419 g/mol. The first-order valence-corrected chi connectivity index (χ1v) is 10.4. The molecule has 1 aliphatic rings. The van der Waals surface area contributed by atoms with Crippen molar-refractivity contribution in [1.82, 2.24) is 19.8 Å². The Labute approximate surface area is 181 Å². The predicted octanol–water partition coefficient (Wildman–Crippen LogP) is 4.08. The number of para-hydroxylation sites is 1. The molecule has 2 aromatic heterocycles. The van der Waals surface area contributed by atoms with Crippen molar-refractivity contribution >= 4 is 28.9 Å². The molecule has 0 bridgehead atoms. The number of hydrogen-bond acceptors (Lipinski definition) is 3. The van der Waals surface area contributed by atoms with E-state index in [1.165, 1.54) is 0 Å². The van der Waals surface area contributed by atoms with Gasteiger partial charge in [0.05, 0.1) is 17.8 Å². The fourth-order valence-corrected chi connectivity index (χ4v) is 4.21. The van der Waals surface area contributed by atoms with Crippen molar-refractivity contribution < 1.29 is 4.79 Å². The quantitative estimate of drug-likeness (QED) is 0.590. The molecule has 0 unspecified atom stereocenters. The number of carbonyl (C=O) groups is 1. The second-order valence-corrected chi connectivity index (χ2v) is 7.99. The SMILES string of the molecule is CC(C)n1cccc1[C@H]1[C@H](c2ccccn2)NC(=S)N1CC(=O)Nc1ccccc1. The van der Waals surface area contributed by atoms with Gasteiger partial charge in [-0.05, 0) is 62.5 Å². The Morgan fingerprint density at radius 2 is 1.90 bits per heavy atom. The van der Waals surface area contributed by atoms with E-state index >= 15 is 0 Å². The average Bonchev–Trinajstić information content (AvgIpc) is 3.34. The minimum atomic E-state index is -0.147. The van der Waals surface area contributed by atoms with Crippen LogP contribution in [-0.2, 0) is 4.79 Å². The number of benzene rings is 1. The van der Waals surface area contributed by atoms with E-state index in [0.717, 1.165) is 17.1 Å². The Kier molecular flexibility index (Phi) is 5.81. The lowest BCUT2D eigenvalue weighted by Crippen LogP contribution is -2.37. The number of hydrogen-bond donors (Lipinski definition) is 2. The molecule has 1 aromatic carbocycles. The number of rotatable bonds is 6. The number of carbonyl (C=O) groups excluding carboxylic acids is 1. The smallest absolute Gasteiger partial charge is 0.244 e. The van der Waals surface area contributed by atoms with Crippen molar-refractivity contribution in [3.63, 3.8) is 0 Å². The molecule has 7 heteroatoms. The zero-order valence-corrected chi connectivity index (χ0v) is 17.8. The maximum absolute atomic E-state index is 12.8.